The van der Waals surface area contributed by atoms with Crippen LogP contribution in [0.4, 0.5) is 15.8 Å². The van der Waals surface area contributed by atoms with E-state index in [1.807, 2.05) is 0 Å². The lowest BCUT2D eigenvalue weighted by atomic mass is 10.1. The van der Waals surface area contributed by atoms with Crippen LogP contribution < -0.4 is 11.1 Å². The topological polar surface area (TPSA) is 92.5 Å². The van der Waals surface area contributed by atoms with E-state index < -0.39 is 11.7 Å². The maximum absolute atomic E-state index is 12.9. The zero-order valence-corrected chi connectivity index (χ0v) is 10.7. The molecular weight excluding hydrogens is 265 g/mol. The van der Waals surface area contributed by atoms with Crippen LogP contribution >= 0.6 is 0 Å². The quantitative estimate of drug-likeness (QED) is 0.634. The monoisotopic (exact) mass is 279 g/mol. The van der Waals surface area contributed by atoms with E-state index in [4.69, 9.17) is 5.73 Å². The van der Waals surface area contributed by atoms with Gasteiger partial charge in [-0.15, -0.1) is 0 Å². The van der Waals surface area contributed by atoms with Gasteiger partial charge in [0, 0.05) is 12.8 Å². The molecule has 1 saturated heterocycles. The van der Waals surface area contributed by atoms with Gasteiger partial charge in [0.15, 0.2) is 0 Å². The third-order valence-corrected chi connectivity index (χ3v) is 2.97. The van der Waals surface area contributed by atoms with Crippen molar-refractivity contribution in [3.63, 3.8) is 0 Å². The summed E-state index contributed by atoms with van der Waals surface area (Å²) < 4.78 is 12.9. The number of nitrogens with one attached hydrogen (secondary N) is 1. The van der Waals surface area contributed by atoms with Gasteiger partial charge >= 0.3 is 0 Å². The van der Waals surface area contributed by atoms with Crippen molar-refractivity contribution in [2.24, 2.45) is 0 Å². The van der Waals surface area contributed by atoms with Crippen molar-refractivity contribution in [3.8, 4) is 0 Å². The number of hydrogen-bond donors (Lipinski definition) is 2. The molecule has 1 aromatic carbocycles. The Hall–Kier alpha value is -2.44. The molecule has 0 aromatic heterocycles. The number of nitrogen functional groups attached to an aromatic ring is 1. The van der Waals surface area contributed by atoms with Gasteiger partial charge in [-0.25, -0.2) is 4.39 Å². The van der Waals surface area contributed by atoms with Crippen molar-refractivity contribution in [3.05, 3.63) is 24.0 Å². The fourth-order valence-corrected chi connectivity index (χ4v) is 1.96. The lowest BCUT2D eigenvalue weighted by Crippen LogP contribution is -2.44. The van der Waals surface area contributed by atoms with E-state index >= 15 is 0 Å². The van der Waals surface area contributed by atoms with Crippen LogP contribution in [0.5, 0.6) is 0 Å². The molecule has 0 bridgehead atoms. The smallest absolute Gasteiger partial charge is 0.244 e. The van der Waals surface area contributed by atoms with Crippen LogP contribution in [0.25, 0.3) is 0 Å². The van der Waals surface area contributed by atoms with Crippen molar-refractivity contribution in [1.29, 1.82) is 0 Å². The van der Waals surface area contributed by atoms with Gasteiger partial charge in [-0.05, 0) is 24.6 Å². The van der Waals surface area contributed by atoms with Crippen LogP contribution in [0.1, 0.15) is 19.3 Å². The predicted molar refractivity (Wildman–Crippen MR) is 70.0 cm³/mol. The Morgan fingerprint density at radius 1 is 1.30 bits per heavy atom. The van der Waals surface area contributed by atoms with E-state index in [2.05, 4.69) is 5.32 Å². The third kappa shape index (κ3) is 3.11. The standard InChI is InChI=1S/C13H14FN3O3/c14-8-4-5-10(9(15)6-8)16-11(18)7-17-12(19)2-1-3-13(17)20/h4-6H,1-3,7,15H2,(H,16,18). The first-order valence-electron chi connectivity index (χ1n) is 6.15. The number of anilines is 2. The molecule has 0 atom stereocenters. The molecule has 6 nitrogen and oxygen atoms in total. The summed E-state index contributed by atoms with van der Waals surface area (Å²) in [7, 11) is 0. The second-order valence-electron chi connectivity index (χ2n) is 4.51. The minimum Gasteiger partial charge on any atom is -0.397 e. The summed E-state index contributed by atoms with van der Waals surface area (Å²) in [4.78, 5) is 35.8. The summed E-state index contributed by atoms with van der Waals surface area (Å²) in [5, 5.41) is 2.45. The summed E-state index contributed by atoms with van der Waals surface area (Å²) in [5.74, 6) is -1.78. The Bertz CT molecular complexity index is 558. The zero-order chi connectivity index (χ0) is 14.7. The van der Waals surface area contributed by atoms with Crippen LogP contribution in [0.3, 0.4) is 0 Å². The number of likely N-dealkylation sites (tertiary alicyclic amines) is 1. The molecule has 2 rings (SSSR count). The molecule has 0 spiro atoms. The van der Waals surface area contributed by atoms with E-state index in [0.717, 1.165) is 17.0 Å². The average molecular weight is 279 g/mol. The SMILES string of the molecule is Nc1cc(F)ccc1NC(=O)CN1C(=O)CCCC1=O. The van der Waals surface area contributed by atoms with Gasteiger partial charge in [0.1, 0.15) is 12.4 Å². The van der Waals surface area contributed by atoms with Crippen LogP contribution in [-0.4, -0.2) is 29.2 Å². The van der Waals surface area contributed by atoms with Gasteiger partial charge in [-0.2, -0.15) is 0 Å². The van der Waals surface area contributed by atoms with Gasteiger partial charge in [0.2, 0.25) is 17.7 Å². The van der Waals surface area contributed by atoms with Crippen molar-refractivity contribution < 1.29 is 18.8 Å². The highest BCUT2D eigenvalue weighted by Crippen LogP contribution is 2.19. The zero-order valence-electron chi connectivity index (χ0n) is 10.7. The summed E-state index contributed by atoms with van der Waals surface area (Å²) >= 11 is 0. The molecule has 1 aliphatic rings. The Morgan fingerprint density at radius 3 is 2.55 bits per heavy atom. The van der Waals surface area contributed by atoms with Gasteiger partial charge in [0.25, 0.3) is 0 Å². The number of carbonyl (C=O) groups excluding carboxylic acids is 3. The van der Waals surface area contributed by atoms with Crippen LogP contribution in [0.2, 0.25) is 0 Å². The van der Waals surface area contributed by atoms with Gasteiger partial charge in [0.05, 0.1) is 11.4 Å². The second kappa shape index (κ2) is 5.68. The third-order valence-electron chi connectivity index (χ3n) is 2.97. The number of amides is 3. The highest BCUT2D eigenvalue weighted by Gasteiger charge is 2.27. The number of halogens is 1. The fraction of sp³-hybridized carbons (Fsp3) is 0.308. The molecule has 3 N–H and O–H groups in total. The Morgan fingerprint density at radius 2 is 1.95 bits per heavy atom. The van der Waals surface area contributed by atoms with Gasteiger partial charge in [-0.3, -0.25) is 19.3 Å². The molecule has 0 saturated carbocycles. The van der Waals surface area contributed by atoms with E-state index in [-0.39, 0.29) is 42.6 Å². The molecule has 0 aliphatic carbocycles. The summed E-state index contributed by atoms with van der Waals surface area (Å²) in [6.45, 7) is -0.353. The van der Waals surface area contributed by atoms with E-state index in [9.17, 15) is 18.8 Å². The molecule has 1 fully saturated rings. The molecule has 106 valence electrons. The van der Waals surface area contributed by atoms with Crippen molar-refractivity contribution in [2.45, 2.75) is 19.3 Å². The van der Waals surface area contributed by atoms with Crippen molar-refractivity contribution in [1.82, 2.24) is 4.90 Å². The summed E-state index contributed by atoms with van der Waals surface area (Å²) in [6, 6.07) is 3.55. The first-order chi connectivity index (χ1) is 9.47. The van der Waals surface area contributed by atoms with E-state index in [1.54, 1.807) is 0 Å². The van der Waals surface area contributed by atoms with Crippen LogP contribution in [0.15, 0.2) is 18.2 Å². The number of nitrogens with zero attached hydrogens (tertiary/aromatic N) is 1. The summed E-state index contributed by atoms with van der Waals surface area (Å²) in [6.07, 6.45) is 1.04. The lowest BCUT2D eigenvalue weighted by Gasteiger charge is -2.24. The number of imide groups is 1. The molecule has 1 heterocycles. The molecule has 20 heavy (non-hydrogen) atoms. The average Bonchev–Trinajstić information content (AvgIpc) is 2.37. The van der Waals surface area contributed by atoms with Crippen molar-refractivity contribution >= 4 is 29.1 Å². The van der Waals surface area contributed by atoms with Gasteiger partial charge in [-0.1, -0.05) is 0 Å². The Kier molecular flexibility index (Phi) is 3.97. The molecule has 1 aromatic rings. The number of benzene rings is 1. The highest BCUT2D eigenvalue weighted by atomic mass is 19.1. The highest BCUT2D eigenvalue weighted by molar-refractivity contribution is 6.03. The first-order valence-corrected chi connectivity index (χ1v) is 6.15. The Balaban J connectivity index is 2.01. The minimum atomic E-state index is -0.549. The predicted octanol–water partition coefficient (Wildman–Crippen LogP) is 0.885. The van der Waals surface area contributed by atoms with E-state index in [1.165, 1.54) is 6.07 Å². The molecule has 1 aliphatic heterocycles. The molecule has 7 heteroatoms. The first kappa shape index (κ1) is 14.0. The van der Waals surface area contributed by atoms with Crippen molar-refractivity contribution in [2.75, 3.05) is 17.6 Å². The molecule has 0 unspecified atom stereocenters. The normalized spacial score (nSPS) is 15.3. The number of hydrogen-bond acceptors (Lipinski definition) is 4. The van der Waals surface area contributed by atoms with Crippen LogP contribution in [-0.2, 0) is 14.4 Å². The van der Waals surface area contributed by atoms with Crippen LogP contribution in [0, 0.1) is 5.82 Å². The maximum atomic E-state index is 12.9. The number of rotatable bonds is 3. The molecule has 3 amide bonds. The van der Waals surface area contributed by atoms with E-state index in [0.29, 0.717) is 6.42 Å². The molecular formula is C13H14FN3O3. The second-order valence-corrected chi connectivity index (χ2v) is 4.51. The number of piperidine rings is 1. The van der Waals surface area contributed by atoms with Gasteiger partial charge < -0.3 is 11.1 Å². The maximum Gasteiger partial charge on any atom is 0.244 e. The minimum absolute atomic E-state index is 0.0784. The lowest BCUT2D eigenvalue weighted by molar-refractivity contribution is -0.150. The Labute approximate surface area is 114 Å². The molecule has 0 radical (unpaired) electrons. The summed E-state index contributed by atoms with van der Waals surface area (Å²) in [5.41, 5.74) is 5.88. The fourth-order valence-electron chi connectivity index (χ4n) is 1.96. The number of carbonyl (C=O) groups is 3. The largest absolute Gasteiger partial charge is 0.397 e. The number of nitrogens with two attached hydrogens (primary N) is 1.